The molecule has 2 rings (SSSR count). The maximum absolute atomic E-state index is 11.6. The summed E-state index contributed by atoms with van der Waals surface area (Å²) in [6.07, 6.45) is 3.20. The zero-order valence-corrected chi connectivity index (χ0v) is 9.62. The van der Waals surface area contributed by atoms with Crippen LogP contribution < -0.4 is 5.32 Å². The Bertz CT molecular complexity index is 309. The second-order valence-corrected chi connectivity index (χ2v) is 4.81. The lowest BCUT2D eigenvalue weighted by Gasteiger charge is -2.33. The van der Waals surface area contributed by atoms with E-state index in [1.165, 1.54) is 0 Å². The second kappa shape index (κ2) is 3.96. The normalized spacial score (nSPS) is 31.5. The van der Waals surface area contributed by atoms with Crippen LogP contribution in [-0.4, -0.2) is 29.8 Å². The highest BCUT2D eigenvalue weighted by Gasteiger charge is 2.42. The van der Waals surface area contributed by atoms with Crippen LogP contribution in [0.3, 0.4) is 0 Å². The number of cyclic esters (lactones) is 1. The summed E-state index contributed by atoms with van der Waals surface area (Å²) in [5, 5.41) is 2.53. The quantitative estimate of drug-likeness (QED) is 0.723. The Morgan fingerprint density at radius 3 is 2.62 bits per heavy atom. The van der Waals surface area contributed by atoms with Crippen LogP contribution in [0.5, 0.6) is 0 Å². The van der Waals surface area contributed by atoms with Crippen molar-refractivity contribution in [3.63, 3.8) is 0 Å². The molecule has 0 radical (unpaired) electrons. The molecule has 90 valence electrons. The number of hydrogen-bond acceptors (Lipinski definition) is 4. The summed E-state index contributed by atoms with van der Waals surface area (Å²) in [6, 6.07) is -0.544. The van der Waals surface area contributed by atoms with Gasteiger partial charge in [-0.1, -0.05) is 0 Å². The fourth-order valence-corrected chi connectivity index (χ4v) is 2.23. The van der Waals surface area contributed by atoms with Crippen molar-refractivity contribution in [1.82, 2.24) is 5.32 Å². The molecule has 1 heterocycles. The van der Waals surface area contributed by atoms with Gasteiger partial charge in [-0.05, 0) is 39.5 Å². The van der Waals surface area contributed by atoms with Gasteiger partial charge in [0.15, 0.2) is 6.04 Å². The summed E-state index contributed by atoms with van der Waals surface area (Å²) in [4.78, 5) is 22.6. The summed E-state index contributed by atoms with van der Waals surface area (Å²) in [6.45, 7) is 3.67. The Hall–Kier alpha value is -1.26. The molecule has 2 aliphatic rings. The number of alkyl carbamates (subject to hydrolysis) is 1. The number of esters is 1. The molecule has 1 aliphatic heterocycles. The molecule has 0 bridgehead atoms. The monoisotopic (exact) mass is 227 g/mol. The number of ether oxygens (including phenoxy) is 2. The van der Waals surface area contributed by atoms with E-state index >= 15 is 0 Å². The lowest BCUT2D eigenvalue weighted by molar-refractivity contribution is -0.174. The Labute approximate surface area is 94.5 Å². The van der Waals surface area contributed by atoms with Gasteiger partial charge in [0.25, 0.3) is 0 Å². The van der Waals surface area contributed by atoms with Gasteiger partial charge < -0.3 is 14.8 Å². The molecule has 0 aromatic carbocycles. The molecule has 1 saturated heterocycles. The smallest absolute Gasteiger partial charge is 0.408 e. The van der Waals surface area contributed by atoms with Crippen LogP contribution in [-0.2, 0) is 14.3 Å². The van der Waals surface area contributed by atoms with E-state index in [-0.39, 0.29) is 17.7 Å². The molecule has 0 aromatic rings. The molecular formula is C11H17NO4. The Balaban J connectivity index is 1.82. The molecule has 5 heteroatoms. The van der Waals surface area contributed by atoms with E-state index in [2.05, 4.69) is 5.32 Å². The molecule has 2 fully saturated rings. The van der Waals surface area contributed by atoms with Crippen molar-refractivity contribution in [3.8, 4) is 0 Å². The standard InChI is InChI=1S/C11H17NO4/c1-7-8(9(13)15-7)12-10(14)16-11(2)5-3-4-6-11/h7-8H,3-6H2,1-2H3,(H,12,14). The van der Waals surface area contributed by atoms with E-state index in [4.69, 9.17) is 9.47 Å². The summed E-state index contributed by atoms with van der Waals surface area (Å²) >= 11 is 0. The minimum Gasteiger partial charge on any atom is -0.458 e. The van der Waals surface area contributed by atoms with Gasteiger partial charge in [-0.15, -0.1) is 0 Å². The van der Waals surface area contributed by atoms with Crippen LogP contribution in [0.15, 0.2) is 0 Å². The first kappa shape index (κ1) is 11.2. The average Bonchev–Trinajstić information content (AvgIpc) is 2.62. The molecular weight excluding hydrogens is 210 g/mol. The Morgan fingerprint density at radius 2 is 2.12 bits per heavy atom. The topological polar surface area (TPSA) is 64.6 Å². The largest absolute Gasteiger partial charge is 0.458 e. The first-order valence-corrected chi connectivity index (χ1v) is 5.70. The van der Waals surface area contributed by atoms with Gasteiger partial charge >= 0.3 is 12.1 Å². The maximum Gasteiger partial charge on any atom is 0.408 e. The molecule has 2 atom stereocenters. The first-order chi connectivity index (χ1) is 7.50. The number of carbonyl (C=O) groups is 2. The average molecular weight is 227 g/mol. The zero-order valence-electron chi connectivity index (χ0n) is 9.62. The molecule has 2 unspecified atom stereocenters. The molecule has 1 aliphatic carbocycles. The maximum atomic E-state index is 11.6. The van der Waals surface area contributed by atoms with E-state index in [0.717, 1.165) is 25.7 Å². The molecule has 1 amide bonds. The van der Waals surface area contributed by atoms with Crippen molar-refractivity contribution in [3.05, 3.63) is 0 Å². The zero-order chi connectivity index (χ0) is 11.8. The van der Waals surface area contributed by atoms with Gasteiger partial charge in [0.05, 0.1) is 0 Å². The van der Waals surface area contributed by atoms with Crippen LogP contribution in [0.4, 0.5) is 4.79 Å². The van der Waals surface area contributed by atoms with Gasteiger partial charge in [-0.3, -0.25) is 0 Å². The third kappa shape index (κ3) is 2.13. The van der Waals surface area contributed by atoms with Gasteiger partial charge in [-0.2, -0.15) is 0 Å². The van der Waals surface area contributed by atoms with E-state index in [1.807, 2.05) is 6.92 Å². The van der Waals surface area contributed by atoms with Crippen molar-refractivity contribution in [1.29, 1.82) is 0 Å². The number of amides is 1. The van der Waals surface area contributed by atoms with Gasteiger partial charge in [-0.25, -0.2) is 9.59 Å². The highest BCUT2D eigenvalue weighted by atomic mass is 16.6. The third-order valence-corrected chi connectivity index (χ3v) is 3.30. The molecule has 1 saturated carbocycles. The lowest BCUT2D eigenvalue weighted by atomic mass is 10.1. The summed E-state index contributed by atoms with van der Waals surface area (Å²) in [7, 11) is 0. The van der Waals surface area contributed by atoms with Crippen LogP contribution in [0.2, 0.25) is 0 Å². The summed E-state index contributed by atoms with van der Waals surface area (Å²) in [5.74, 6) is -0.388. The molecule has 0 aromatic heterocycles. The van der Waals surface area contributed by atoms with Crippen LogP contribution in [0, 0.1) is 0 Å². The van der Waals surface area contributed by atoms with Crippen molar-refractivity contribution >= 4 is 12.1 Å². The van der Waals surface area contributed by atoms with E-state index in [1.54, 1.807) is 6.92 Å². The van der Waals surface area contributed by atoms with E-state index in [0.29, 0.717) is 0 Å². The van der Waals surface area contributed by atoms with Gasteiger partial charge in [0, 0.05) is 0 Å². The number of hydrogen-bond donors (Lipinski definition) is 1. The molecule has 5 nitrogen and oxygen atoms in total. The predicted octanol–water partition coefficient (Wildman–Crippen LogP) is 1.36. The highest BCUT2D eigenvalue weighted by Crippen LogP contribution is 2.32. The molecule has 1 N–H and O–H groups in total. The Morgan fingerprint density at radius 1 is 1.50 bits per heavy atom. The van der Waals surface area contributed by atoms with Crippen LogP contribution in [0.25, 0.3) is 0 Å². The summed E-state index contributed by atoms with van der Waals surface area (Å²) < 4.78 is 10.1. The van der Waals surface area contributed by atoms with Crippen molar-refractivity contribution < 1.29 is 19.1 Å². The minimum absolute atomic E-state index is 0.253. The minimum atomic E-state index is -0.544. The number of carbonyl (C=O) groups excluding carboxylic acids is 2. The third-order valence-electron chi connectivity index (χ3n) is 3.30. The van der Waals surface area contributed by atoms with E-state index in [9.17, 15) is 9.59 Å². The summed E-state index contributed by atoms with van der Waals surface area (Å²) in [5.41, 5.74) is -0.360. The Kier molecular flexibility index (Phi) is 2.78. The first-order valence-electron chi connectivity index (χ1n) is 5.70. The second-order valence-electron chi connectivity index (χ2n) is 4.81. The van der Waals surface area contributed by atoms with Crippen molar-refractivity contribution in [2.24, 2.45) is 0 Å². The SMILES string of the molecule is CC1OC(=O)C1NC(=O)OC1(C)CCCC1. The highest BCUT2D eigenvalue weighted by molar-refractivity contribution is 5.86. The van der Waals surface area contributed by atoms with Gasteiger partial charge in [0.1, 0.15) is 11.7 Å². The lowest BCUT2D eigenvalue weighted by Crippen LogP contribution is -2.59. The van der Waals surface area contributed by atoms with Crippen LogP contribution >= 0.6 is 0 Å². The molecule has 0 spiro atoms. The van der Waals surface area contributed by atoms with Gasteiger partial charge in [0.2, 0.25) is 0 Å². The number of rotatable bonds is 2. The molecule has 16 heavy (non-hydrogen) atoms. The van der Waals surface area contributed by atoms with Crippen LogP contribution in [0.1, 0.15) is 39.5 Å². The van der Waals surface area contributed by atoms with Crippen molar-refractivity contribution in [2.75, 3.05) is 0 Å². The fourth-order valence-electron chi connectivity index (χ4n) is 2.23. The van der Waals surface area contributed by atoms with Crippen molar-refractivity contribution in [2.45, 2.75) is 57.3 Å². The fraction of sp³-hybridized carbons (Fsp3) is 0.818. The number of nitrogens with one attached hydrogen (secondary N) is 1. The predicted molar refractivity (Wildman–Crippen MR) is 55.8 cm³/mol. The van der Waals surface area contributed by atoms with E-state index < -0.39 is 12.1 Å².